The molecule has 1 aromatic rings. The van der Waals surface area contributed by atoms with Crippen molar-refractivity contribution in [2.45, 2.75) is 20.0 Å². The van der Waals surface area contributed by atoms with E-state index in [1.54, 1.807) is 11.9 Å². The minimum Gasteiger partial charge on any atom is -0.341 e. The zero-order chi connectivity index (χ0) is 12.0. The largest absolute Gasteiger partial charge is 0.341 e. The smallest absolute Gasteiger partial charge is 0.317 e. The first-order valence-corrected chi connectivity index (χ1v) is 5.46. The fourth-order valence-electron chi connectivity index (χ4n) is 1.60. The van der Waals surface area contributed by atoms with Crippen LogP contribution in [0.3, 0.4) is 0 Å². The van der Waals surface area contributed by atoms with Crippen molar-refractivity contribution in [1.82, 2.24) is 10.2 Å². The summed E-state index contributed by atoms with van der Waals surface area (Å²) >= 11 is 0. The first kappa shape index (κ1) is 12.5. The Kier molecular flexibility index (Phi) is 4.79. The molecule has 0 radical (unpaired) electrons. The molecule has 0 heterocycles. The van der Waals surface area contributed by atoms with Gasteiger partial charge < -0.3 is 16.0 Å². The van der Waals surface area contributed by atoms with Crippen molar-refractivity contribution in [2.75, 3.05) is 13.6 Å². The highest BCUT2D eigenvalue weighted by molar-refractivity contribution is 5.73. The third-order valence-electron chi connectivity index (χ3n) is 2.58. The maximum absolute atomic E-state index is 11.5. The summed E-state index contributed by atoms with van der Waals surface area (Å²) < 4.78 is 0. The molecule has 0 unspecified atom stereocenters. The minimum atomic E-state index is -0.0608. The van der Waals surface area contributed by atoms with Crippen LogP contribution in [0.15, 0.2) is 24.3 Å². The van der Waals surface area contributed by atoms with Gasteiger partial charge in [0, 0.05) is 26.7 Å². The number of rotatable bonds is 4. The Morgan fingerprint density at radius 3 is 2.50 bits per heavy atom. The number of hydrogen-bond acceptors (Lipinski definition) is 2. The van der Waals surface area contributed by atoms with E-state index >= 15 is 0 Å². The van der Waals surface area contributed by atoms with Crippen LogP contribution in [-0.4, -0.2) is 24.5 Å². The predicted molar refractivity (Wildman–Crippen MR) is 64.9 cm³/mol. The third-order valence-corrected chi connectivity index (χ3v) is 2.58. The molecule has 88 valence electrons. The van der Waals surface area contributed by atoms with Crippen LogP contribution in [0.5, 0.6) is 0 Å². The topological polar surface area (TPSA) is 58.4 Å². The Balaban J connectivity index is 2.81. The van der Waals surface area contributed by atoms with Crippen molar-refractivity contribution < 1.29 is 4.79 Å². The molecule has 0 aliphatic heterocycles. The Morgan fingerprint density at radius 1 is 1.38 bits per heavy atom. The summed E-state index contributed by atoms with van der Waals surface area (Å²) in [6, 6.07) is 7.86. The molecule has 0 saturated carbocycles. The zero-order valence-electron chi connectivity index (χ0n) is 9.86. The number of carbonyl (C=O) groups is 1. The Hall–Kier alpha value is -1.55. The molecule has 1 rings (SSSR count). The summed E-state index contributed by atoms with van der Waals surface area (Å²) in [6.45, 7) is 3.74. The quantitative estimate of drug-likeness (QED) is 0.805. The molecule has 0 fully saturated rings. The average Bonchev–Trinajstić information content (AvgIpc) is 2.35. The zero-order valence-corrected chi connectivity index (χ0v) is 9.86. The predicted octanol–water partition coefficient (Wildman–Crippen LogP) is 1.31. The minimum absolute atomic E-state index is 0.0608. The molecule has 0 aromatic heterocycles. The van der Waals surface area contributed by atoms with Gasteiger partial charge in [-0.25, -0.2) is 4.79 Å². The molecule has 0 bridgehead atoms. The molecular weight excluding hydrogens is 202 g/mol. The van der Waals surface area contributed by atoms with Crippen LogP contribution >= 0.6 is 0 Å². The lowest BCUT2D eigenvalue weighted by molar-refractivity contribution is 0.200. The van der Waals surface area contributed by atoms with Crippen LogP contribution in [0.4, 0.5) is 4.79 Å². The lowest BCUT2D eigenvalue weighted by atomic mass is 10.1. The molecule has 16 heavy (non-hydrogen) atoms. The van der Waals surface area contributed by atoms with E-state index in [0.717, 1.165) is 11.1 Å². The Morgan fingerprint density at radius 2 is 2.00 bits per heavy atom. The van der Waals surface area contributed by atoms with Crippen molar-refractivity contribution in [3.8, 4) is 0 Å². The number of benzene rings is 1. The van der Waals surface area contributed by atoms with E-state index in [4.69, 9.17) is 5.73 Å². The summed E-state index contributed by atoms with van der Waals surface area (Å²) in [4.78, 5) is 13.3. The fraction of sp³-hybridized carbons (Fsp3) is 0.417. The second kappa shape index (κ2) is 6.12. The first-order valence-electron chi connectivity index (χ1n) is 5.46. The van der Waals surface area contributed by atoms with Gasteiger partial charge in [0.1, 0.15) is 0 Å². The third kappa shape index (κ3) is 2.97. The van der Waals surface area contributed by atoms with E-state index in [9.17, 15) is 4.79 Å². The molecular formula is C12H19N3O. The van der Waals surface area contributed by atoms with E-state index < -0.39 is 0 Å². The lowest BCUT2D eigenvalue weighted by Gasteiger charge is -2.21. The van der Waals surface area contributed by atoms with Gasteiger partial charge in [0.2, 0.25) is 0 Å². The molecule has 3 N–H and O–H groups in total. The summed E-state index contributed by atoms with van der Waals surface area (Å²) in [5, 5.41) is 2.63. The van der Waals surface area contributed by atoms with Gasteiger partial charge in [-0.2, -0.15) is 0 Å². The van der Waals surface area contributed by atoms with Gasteiger partial charge in [0.25, 0.3) is 0 Å². The molecule has 0 aliphatic rings. The van der Waals surface area contributed by atoms with Gasteiger partial charge in [-0.15, -0.1) is 0 Å². The number of carbonyl (C=O) groups excluding carboxylic acids is 1. The summed E-state index contributed by atoms with van der Waals surface area (Å²) in [5.74, 6) is 0. The van der Waals surface area contributed by atoms with Gasteiger partial charge in [-0.05, 0) is 18.1 Å². The van der Waals surface area contributed by atoms with Gasteiger partial charge in [0.15, 0.2) is 0 Å². The highest BCUT2D eigenvalue weighted by atomic mass is 16.2. The van der Waals surface area contributed by atoms with Crippen LogP contribution in [-0.2, 0) is 13.1 Å². The monoisotopic (exact) mass is 221 g/mol. The van der Waals surface area contributed by atoms with Crippen molar-refractivity contribution in [2.24, 2.45) is 5.73 Å². The maximum atomic E-state index is 11.5. The van der Waals surface area contributed by atoms with E-state index in [-0.39, 0.29) is 6.03 Å². The molecule has 1 aromatic carbocycles. The maximum Gasteiger partial charge on any atom is 0.317 e. The second-order valence-electron chi connectivity index (χ2n) is 3.54. The molecule has 2 amide bonds. The normalized spacial score (nSPS) is 9.94. The fourth-order valence-corrected chi connectivity index (χ4v) is 1.60. The summed E-state index contributed by atoms with van der Waals surface area (Å²) in [6.07, 6.45) is 0. The Bertz CT molecular complexity index is 352. The second-order valence-corrected chi connectivity index (χ2v) is 3.54. The highest BCUT2D eigenvalue weighted by Gasteiger charge is 2.11. The van der Waals surface area contributed by atoms with Crippen molar-refractivity contribution in [3.63, 3.8) is 0 Å². The highest BCUT2D eigenvalue weighted by Crippen LogP contribution is 2.11. The Labute approximate surface area is 96.4 Å². The molecule has 4 heteroatoms. The van der Waals surface area contributed by atoms with Gasteiger partial charge >= 0.3 is 6.03 Å². The molecule has 0 saturated heterocycles. The number of nitrogens with zero attached hydrogens (tertiary/aromatic N) is 1. The van der Waals surface area contributed by atoms with Crippen LogP contribution in [0.25, 0.3) is 0 Å². The van der Waals surface area contributed by atoms with Crippen LogP contribution < -0.4 is 11.1 Å². The number of urea groups is 1. The molecule has 0 atom stereocenters. The van der Waals surface area contributed by atoms with E-state index in [2.05, 4.69) is 5.32 Å². The van der Waals surface area contributed by atoms with Gasteiger partial charge in [-0.3, -0.25) is 0 Å². The van der Waals surface area contributed by atoms with Crippen molar-refractivity contribution >= 4 is 6.03 Å². The first-order chi connectivity index (χ1) is 7.72. The van der Waals surface area contributed by atoms with Crippen LogP contribution in [0.1, 0.15) is 18.1 Å². The molecule has 4 nitrogen and oxygen atoms in total. The van der Waals surface area contributed by atoms with Crippen LogP contribution in [0.2, 0.25) is 0 Å². The summed E-state index contributed by atoms with van der Waals surface area (Å²) in [5.41, 5.74) is 7.85. The molecule has 0 aliphatic carbocycles. The molecule has 0 spiro atoms. The number of amides is 2. The number of nitrogens with one attached hydrogen (secondary N) is 1. The van der Waals surface area contributed by atoms with E-state index in [1.165, 1.54) is 0 Å². The SMILES string of the molecule is CCN(Cc1ccccc1CN)C(=O)NC. The van der Waals surface area contributed by atoms with Gasteiger partial charge in [-0.1, -0.05) is 24.3 Å². The van der Waals surface area contributed by atoms with Crippen molar-refractivity contribution in [1.29, 1.82) is 0 Å². The van der Waals surface area contributed by atoms with Crippen molar-refractivity contribution in [3.05, 3.63) is 35.4 Å². The summed E-state index contributed by atoms with van der Waals surface area (Å²) in [7, 11) is 1.64. The average molecular weight is 221 g/mol. The number of hydrogen-bond donors (Lipinski definition) is 2. The van der Waals surface area contributed by atoms with Crippen LogP contribution in [0, 0.1) is 0 Å². The van der Waals surface area contributed by atoms with E-state index in [1.807, 2.05) is 31.2 Å². The van der Waals surface area contributed by atoms with E-state index in [0.29, 0.717) is 19.6 Å². The standard InChI is InChI=1S/C12H19N3O/c1-3-15(12(16)14-2)9-11-7-5-4-6-10(11)8-13/h4-7H,3,8-9,13H2,1-2H3,(H,14,16). The number of nitrogens with two attached hydrogens (primary N) is 1. The van der Waals surface area contributed by atoms with Gasteiger partial charge in [0.05, 0.1) is 0 Å². The lowest BCUT2D eigenvalue weighted by Crippen LogP contribution is -2.37.